The molecule has 0 aromatic carbocycles. The van der Waals surface area contributed by atoms with Crippen molar-refractivity contribution in [3.63, 3.8) is 0 Å². The van der Waals surface area contributed by atoms with Crippen molar-refractivity contribution in [1.82, 2.24) is 5.43 Å². The summed E-state index contributed by atoms with van der Waals surface area (Å²) in [5, 5.41) is 3.88. The first-order valence-electron chi connectivity index (χ1n) is 5.58. The van der Waals surface area contributed by atoms with Crippen molar-refractivity contribution in [2.24, 2.45) is 28.8 Å². The zero-order valence-electron chi connectivity index (χ0n) is 8.08. The van der Waals surface area contributed by atoms with Crippen LogP contribution in [-0.4, -0.2) is 12.8 Å². The lowest BCUT2D eigenvalue weighted by Gasteiger charge is -2.54. The van der Waals surface area contributed by atoms with Gasteiger partial charge in [0, 0.05) is 12.8 Å². The third kappa shape index (κ3) is 1.11. The van der Waals surface area contributed by atoms with Crippen LogP contribution in [0, 0.1) is 23.7 Å². The molecular weight excluding hydrogens is 160 g/mol. The molecule has 0 aromatic heterocycles. The second-order valence-electron chi connectivity index (χ2n) is 5.24. The number of hydrogen-bond acceptors (Lipinski definition) is 2. The fourth-order valence-electron chi connectivity index (χ4n) is 4.24. The Morgan fingerprint density at radius 3 is 1.92 bits per heavy atom. The maximum Gasteiger partial charge on any atom is 0.0496 e. The largest absolute Gasteiger partial charge is 0.307 e. The first kappa shape index (κ1) is 7.84. The van der Waals surface area contributed by atoms with Crippen LogP contribution in [0.15, 0.2) is 5.10 Å². The first-order chi connectivity index (χ1) is 6.36. The monoisotopic (exact) mass is 178 g/mol. The Hall–Kier alpha value is -0.530. The number of nitrogens with zero attached hydrogens (tertiary/aromatic N) is 1. The summed E-state index contributed by atoms with van der Waals surface area (Å²) in [6, 6.07) is 0.672. The van der Waals surface area contributed by atoms with Crippen molar-refractivity contribution in [3.05, 3.63) is 0 Å². The highest BCUT2D eigenvalue weighted by molar-refractivity contribution is 5.22. The molecule has 4 fully saturated rings. The van der Waals surface area contributed by atoms with Crippen molar-refractivity contribution >= 4 is 6.72 Å². The average molecular weight is 178 g/mol. The van der Waals surface area contributed by atoms with E-state index in [-0.39, 0.29) is 0 Å². The van der Waals surface area contributed by atoms with Crippen LogP contribution in [0.1, 0.15) is 32.1 Å². The minimum atomic E-state index is 0.672. The standard InChI is InChI=1S/C11H18N2/c1-12-13-11-9-3-7-2-8(5-9)6-10(11)4-7/h7-11,13H,1-6H2. The fraction of sp³-hybridized carbons (Fsp3) is 0.909. The minimum absolute atomic E-state index is 0.672. The van der Waals surface area contributed by atoms with Gasteiger partial charge in [0.2, 0.25) is 0 Å². The lowest BCUT2D eigenvalue weighted by Crippen LogP contribution is -2.53. The van der Waals surface area contributed by atoms with E-state index in [9.17, 15) is 0 Å². The van der Waals surface area contributed by atoms with E-state index < -0.39 is 0 Å². The predicted octanol–water partition coefficient (Wildman–Crippen LogP) is 2.02. The zero-order valence-corrected chi connectivity index (χ0v) is 8.08. The van der Waals surface area contributed by atoms with Gasteiger partial charge in [0.25, 0.3) is 0 Å². The van der Waals surface area contributed by atoms with Gasteiger partial charge in [-0.05, 0) is 55.8 Å². The first-order valence-corrected chi connectivity index (χ1v) is 5.58. The van der Waals surface area contributed by atoms with E-state index in [1.165, 1.54) is 32.1 Å². The summed E-state index contributed by atoms with van der Waals surface area (Å²) in [6.45, 7) is 3.55. The van der Waals surface area contributed by atoms with Crippen LogP contribution in [0.25, 0.3) is 0 Å². The van der Waals surface area contributed by atoms with Crippen LogP contribution in [0.2, 0.25) is 0 Å². The molecule has 0 radical (unpaired) electrons. The van der Waals surface area contributed by atoms with E-state index in [1.807, 2.05) is 0 Å². The van der Waals surface area contributed by atoms with E-state index in [0.717, 1.165) is 23.7 Å². The summed E-state index contributed by atoms with van der Waals surface area (Å²) in [5.74, 6) is 3.96. The lowest BCUT2D eigenvalue weighted by atomic mass is 9.54. The molecule has 2 nitrogen and oxygen atoms in total. The van der Waals surface area contributed by atoms with Crippen LogP contribution in [0.4, 0.5) is 0 Å². The summed E-state index contributed by atoms with van der Waals surface area (Å²) >= 11 is 0. The fourth-order valence-corrected chi connectivity index (χ4v) is 4.24. The molecule has 0 aliphatic heterocycles. The topological polar surface area (TPSA) is 24.4 Å². The van der Waals surface area contributed by atoms with Gasteiger partial charge in [-0.2, -0.15) is 5.10 Å². The van der Waals surface area contributed by atoms with Crippen molar-refractivity contribution in [2.75, 3.05) is 0 Å². The SMILES string of the molecule is C=NNC1C2CC3CC(C2)CC1C3. The van der Waals surface area contributed by atoms with Crippen molar-refractivity contribution in [3.8, 4) is 0 Å². The maximum atomic E-state index is 3.88. The molecule has 0 unspecified atom stereocenters. The maximum absolute atomic E-state index is 3.88. The Kier molecular flexibility index (Phi) is 1.64. The van der Waals surface area contributed by atoms with Crippen molar-refractivity contribution in [2.45, 2.75) is 38.1 Å². The van der Waals surface area contributed by atoms with Gasteiger partial charge in [-0.15, -0.1) is 0 Å². The van der Waals surface area contributed by atoms with Gasteiger partial charge in [0.05, 0.1) is 0 Å². The van der Waals surface area contributed by atoms with Crippen molar-refractivity contribution in [1.29, 1.82) is 0 Å². The number of hydrazone groups is 1. The van der Waals surface area contributed by atoms with Crippen LogP contribution in [-0.2, 0) is 0 Å². The highest BCUT2D eigenvalue weighted by Gasteiger charge is 2.48. The number of rotatable bonds is 2. The molecule has 4 saturated carbocycles. The third-order valence-corrected chi connectivity index (χ3v) is 4.47. The second kappa shape index (κ2) is 2.73. The summed E-state index contributed by atoms with van der Waals surface area (Å²) in [4.78, 5) is 0. The average Bonchev–Trinajstić information content (AvgIpc) is 2.10. The van der Waals surface area contributed by atoms with Gasteiger partial charge in [-0.25, -0.2) is 0 Å². The van der Waals surface area contributed by atoms with Gasteiger partial charge < -0.3 is 5.43 Å². The molecule has 4 bridgehead atoms. The van der Waals surface area contributed by atoms with E-state index in [4.69, 9.17) is 0 Å². The molecule has 0 atom stereocenters. The number of hydrogen-bond donors (Lipinski definition) is 1. The molecule has 4 aliphatic rings. The van der Waals surface area contributed by atoms with Crippen molar-refractivity contribution < 1.29 is 0 Å². The normalized spacial score (nSPS) is 52.2. The molecule has 13 heavy (non-hydrogen) atoms. The van der Waals surface area contributed by atoms with E-state index in [2.05, 4.69) is 17.2 Å². The van der Waals surface area contributed by atoms with Crippen LogP contribution in [0.5, 0.6) is 0 Å². The Balaban J connectivity index is 1.81. The van der Waals surface area contributed by atoms with Gasteiger partial charge in [0.15, 0.2) is 0 Å². The Bertz CT molecular complexity index is 196. The Labute approximate surface area is 79.8 Å². The highest BCUT2D eigenvalue weighted by atomic mass is 15.3. The molecule has 4 aliphatic carbocycles. The predicted molar refractivity (Wildman–Crippen MR) is 53.5 cm³/mol. The lowest BCUT2D eigenvalue weighted by molar-refractivity contribution is -0.0131. The van der Waals surface area contributed by atoms with Gasteiger partial charge >= 0.3 is 0 Å². The van der Waals surface area contributed by atoms with E-state index >= 15 is 0 Å². The van der Waals surface area contributed by atoms with E-state index in [1.54, 1.807) is 0 Å². The second-order valence-corrected chi connectivity index (χ2v) is 5.24. The summed E-state index contributed by atoms with van der Waals surface area (Å²) in [7, 11) is 0. The number of nitrogens with one attached hydrogen (secondary N) is 1. The van der Waals surface area contributed by atoms with Gasteiger partial charge in [-0.3, -0.25) is 0 Å². The highest BCUT2D eigenvalue weighted by Crippen LogP contribution is 2.53. The zero-order chi connectivity index (χ0) is 8.84. The molecule has 0 aromatic rings. The summed E-state index contributed by atoms with van der Waals surface area (Å²) in [5.41, 5.74) is 3.24. The smallest absolute Gasteiger partial charge is 0.0496 e. The molecule has 2 heteroatoms. The molecule has 0 saturated heterocycles. The molecule has 0 amide bonds. The molecule has 72 valence electrons. The third-order valence-electron chi connectivity index (χ3n) is 4.47. The van der Waals surface area contributed by atoms with Crippen LogP contribution < -0.4 is 5.43 Å². The molecule has 0 spiro atoms. The summed E-state index contributed by atoms with van der Waals surface area (Å²) in [6.07, 6.45) is 7.36. The quantitative estimate of drug-likeness (QED) is 0.507. The Morgan fingerprint density at radius 2 is 1.46 bits per heavy atom. The van der Waals surface area contributed by atoms with Gasteiger partial charge in [-0.1, -0.05) is 0 Å². The van der Waals surface area contributed by atoms with E-state index in [0.29, 0.717) is 6.04 Å². The molecule has 0 heterocycles. The molecular formula is C11H18N2. The van der Waals surface area contributed by atoms with Crippen LogP contribution >= 0.6 is 0 Å². The Morgan fingerprint density at radius 1 is 0.923 bits per heavy atom. The van der Waals surface area contributed by atoms with Crippen LogP contribution in [0.3, 0.4) is 0 Å². The summed E-state index contributed by atoms with van der Waals surface area (Å²) < 4.78 is 0. The minimum Gasteiger partial charge on any atom is -0.307 e. The molecule has 4 rings (SSSR count). The molecule has 1 N–H and O–H groups in total. The van der Waals surface area contributed by atoms with Gasteiger partial charge in [0.1, 0.15) is 0 Å².